The highest BCUT2D eigenvalue weighted by Crippen LogP contribution is 2.34. The minimum Gasteiger partial charge on any atom is -0.333 e. The summed E-state index contributed by atoms with van der Waals surface area (Å²) in [6.45, 7) is 2.00. The van der Waals surface area contributed by atoms with Crippen LogP contribution in [0.3, 0.4) is 0 Å². The molecule has 1 unspecified atom stereocenters. The van der Waals surface area contributed by atoms with E-state index in [0.29, 0.717) is 18.1 Å². The van der Waals surface area contributed by atoms with Crippen molar-refractivity contribution in [3.63, 3.8) is 0 Å². The largest absolute Gasteiger partial charge is 0.333 e. The molecule has 3 rings (SSSR count). The molecule has 0 aromatic carbocycles. The summed E-state index contributed by atoms with van der Waals surface area (Å²) < 4.78 is 29.1. The van der Waals surface area contributed by atoms with Gasteiger partial charge < -0.3 is 4.52 Å². The van der Waals surface area contributed by atoms with Crippen LogP contribution in [-0.4, -0.2) is 30.1 Å². The van der Waals surface area contributed by atoms with Crippen LogP contribution in [0, 0.1) is 6.92 Å². The van der Waals surface area contributed by atoms with Crippen molar-refractivity contribution in [3.05, 3.63) is 21.2 Å². The maximum absolute atomic E-state index is 11.4. The number of hydrogen-bond donors (Lipinski definition) is 0. The molecule has 0 spiro atoms. The molecule has 8 heteroatoms. The van der Waals surface area contributed by atoms with Gasteiger partial charge in [-0.15, -0.1) is 11.3 Å². The molecule has 1 fully saturated rings. The molecule has 0 bridgehead atoms. The molecule has 1 aliphatic heterocycles. The van der Waals surface area contributed by atoms with E-state index in [2.05, 4.69) is 26.1 Å². The molecule has 102 valence electrons. The second-order valence-electron chi connectivity index (χ2n) is 4.57. The second-order valence-corrected chi connectivity index (χ2v) is 8.91. The first-order valence-corrected chi connectivity index (χ1v) is 9.18. The summed E-state index contributed by atoms with van der Waals surface area (Å²) in [7, 11) is -2.93. The molecule has 0 aliphatic carbocycles. The third-order valence-corrected chi connectivity index (χ3v) is 7.00. The molecule has 0 radical (unpaired) electrons. The Kier molecular flexibility index (Phi) is 3.26. The molecular weight excluding hydrogens is 352 g/mol. The van der Waals surface area contributed by atoms with Crippen molar-refractivity contribution in [1.29, 1.82) is 0 Å². The van der Waals surface area contributed by atoms with Gasteiger partial charge in [-0.3, -0.25) is 0 Å². The van der Waals surface area contributed by atoms with E-state index in [-0.39, 0.29) is 17.4 Å². The summed E-state index contributed by atoms with van der Waals surface area (Å²) in [6, 6.07) is 1.93. The van der Waals surface area contributed by atoms with Gasteiger partial charge in [0.25, 0.3) is 5.89 Å². The van der Waals surface area contributed by atoms with Crippen LogP contribution in [-0.2, 0) is 9.84 Å². The lowest BCUT2D eigenvalue weighted by Gasteiger charge is -1.97. The fourth-order valence-corrected chi connectivity index (χ4v) is 5.26. The lowest BCUT2D eigenvalue weighted by atomic mass is 10.1. The van der Waals surface area contributed by atoms with E-state index in [9.17, 15) is 8.42 Å². The van der Waals surface area contributed by atoms with Crippen molar-refractivity contribution < 1.29 is 12.9 Å². The smallest absolute Gasteiger partial charge is 0.268 e. The van der Waals surface area contributed by atoms with Crippen molar-refractivity contribution >= 4 is 37.1 Å². The number of hydrogen-bond acceptors (Lipinski definition) is 6. The fraction of sp³-hybridized carbons (Fsp3) is 0.455. The summed E-state index contributed by atoms with van der Waals surface area (Å²) in [5.74, 6) is 1.16. The van der Waals surface area contributed by atoms with Crippen molar-refractivity contribution in [2.45, 2.75) is 19.3 Å². The summed E-state index contributed by atoms with van der Waals surface area (Å²) >= 11 is 5.00. The average molecular weight is 363 g/mol. The zero-order valence-corrected chi connectivity index (χ0v) is 13.3. The predicted octanol–water partition coefficient (Wildman–Crippen LogP) is 2.77. The van der Waals surface area contributed by atoms with Crippen molar-refractivity contribution in [3.8, 4) is 10.8 Å². The quantitative estimate of drug-likeness (QED) is 0.820. The predicted molar refractivity (Wildman–Crippen MR) is 76.1 cm³/mol. The number of nitrogens with zero attached hydrogens (tertiary/aromatic N) is 2. The minimum atomic E-state index is -2.93. The highest BCUT2D eigenvalue weighted by molar-refractivity contribution is 9.10. The van der Waals surface area contributed by atoms with Gasteiger partial charge in [0.2, 0.25) is 0 Å². The second kappa shape index (κ2) is 4.68. The van der Waals surface area contributed by atoms with E-state index in [4.69, 9.17) is 4.52 Å². The van der Waals surface area contributed by atoms with Crippen LogP contribution in [0.4, 0.5) is 0 Å². The topological polar surface area (TPSA) is 73.1 Å². The first-order chi connectivity index (χ1) is 8.94. The van der Waals surface area contributed by atoms with Gasteiger partial charge in [-0.1, -0.05) is 5.16 Å². The molecule has 0 saturated carbocycles. The monoisotopic (exact) mass is 362 g/mol. The van der Waals surface area contributed by atoms with Gasteiger partial charge >= 0.3 is 0 Å². The third kappa shape index (κ3) is 2.61. The molecule has 2 aromatic heterocycles. The van der Waals surface area contributed by atoms with Crippen molar-refractivity contribution in [1.82, 2.24) is 10.1 Å². The van der Waals surface area contributed by atoms with Crippen LogP contribution in [0.5, 0.6) is 0 Å². The SMILES string of the molecule is Cc1sc(-c2nc(C3CCS(=O)(=O)C3)no2)cc1Br. The van der Waals surface area contributed by atoms with Crippen LogP contribution in [0.2, 0.25) is 0 Å². The molecular formula is C11H11BrN2O3S2. The summed E-state index contributed by atoms with van der Waals surface area (Å²) in [5.41, 5.74) is 0. The normalized spacial score (nSPS) is 21.9. The third-order valence-electron chi connectivity index (χ3n) is 3.11. The highest BCUT2D eigenvalue weighted by atomic mass is 79.9. The molecule has 3 heterocycles. The minimum absolute atomic E-state index is 0.124. The summed E-state index contributed by atoms with van der Waals surface area (Å²) in [5, 5.41) is 3.92. The number of aromatic nitrogens is 2. The van der Waals surface area contributed by atoms with E-state index in [1.807, 2.05) is 13.0 Å². The molecule has 19 heavy (non-hydrogen) atoms. The van der Waals surface area contributed by atoms with E-state index in [1.54, 1.807) is 11.3 Å². The van der Waals surface area contributed by atoms with Gasteiger partial charge in [-0.25, -0.2) is 8.42 Å². The molecule has 1 aliphatic rings. The molecule has 0 amide bonds. The van der Waals surface area contributed by atoms with Gasteiger partial charge in [0.1, 0.15) is 0 Å². The fourth-order valence-electron chi connectivity index (χ4n) is 2.06. The van der Waals surface area contributed by atoms with Crippen LogP contribution < -0.4 is 0 Å². The Balaban J connectivity index is 1.88. The lowest BCUT2D eigenvalue weighted by molar-refractivity contribution is 0.418. The molecule has 2 aromatic rings. The number of halogens is 1. The van der Waals surface area contributed by atoms with E-state index >= 15 is 0 Å². The summed E-state index contributed by atoms with van der Waals surface area (Å²) in [4.78, 5) is 6.36. The molecule has 1 saturated heterocycles. The molecule has 0 N–H and O–H groups in total. The highest BCUT2D eigenvalue weighted by Gasteiger charge is 2.32. The Morgan fingerprint density at radius 3 is 2.89 bits per heavy atom. The lowest BCUT2D eigenvalue weighted by Crippen LogP contribution is -2.04. The Morgan fingerprint density at radius 1 is 1.53 bits per heavy atom. The maximum Gasteiger partial charge on any atom is 0.268 e. The van der Waals surface area contributed by atoms with Crippen molar-refractivity contribution in [2.24, 2.45) is 0 Å². The number of thiophene rings is 1. The Labute approximate surface area is 123 Å². The van der Waals surface area contributed by atoms with Crippen LogP contribution in [0.1, 0.15) is 23.0 Å². The number of sulfone groups is 1. The van der Waals surface area contributed by atoms with Crippen LogP contribution in [0.15, 0.2) is 15.1 Å². The Morgan fingerprint density at radius 2 is 2.32 bits per heavy atom. The summed E-state index contributed by atoms with van der Waals surface area (Å²) in [6.07, 6.45) is 0.578. The standard InChI is InChI=1S/C11H11BrN2O3S2/c1-6-8(12)4-9(18-6)11-13-10(14-17-11)7-2-3-19(15,16)5-7/h4,7H,2-3,5H2,1H3. The van der Waals surface area contributed by atoms with Crippen LogP contribution in [0.25, 0.3) is 10.8 Å². The van der Waals surface area contributed by atoms with E-state index in [0.717, 1.165) is 14.2 Å². The van der Waals surface area contributed by atoms with Crippen molar-refractivity contribution in [2.75, 3.05) is 11.5 Å². The Bertz CT molecular complexity index is 701. The first kappa shape index (κ1) is 13.3. The van der Waals surface area contributed by atoms with Gasteiger partial charge in [-0.2, -0.15) is 4.98 Å². The molecule has 1 atom stereocenters. The van der Waals surface area contributed by atoms with Gasteiger partial charge in [-0.05, 0) is 35.3 Å². The first-order valence-electron chi connectivity index (χ1n) is 5.75. The number of aryl methyl sites for hydroxylation is 1. The zero-order valence-electron chi connectivity index (χ0n) is 10.1. The zero-order chi connectivity index (χ0) is 13.6. The average Bonchev–Trinajstić information content (AvgIpc) is 2.99. The van der Waals surface area contributed by atoms with Gasteiger partial charge in [0.05, 0.1) is 16.4 Å². The maximum atomic E-state index is 11.4. The van der Waals surface area contributed by atoms with Gasteiger partial charge in [0, 0.05) is 15.3 Å². The van der Waals surface area contributed by atoms with E-state index in [1.165, 1.54) is 0 Å². The van der Waals surface area contributed by atoms with E-state index < -0.39 is 9.84 Å². The van der Waals surface area contributed by atoms with Gasteiger partial charge in [0.15, 0.2) is 15.7 Å². The number of rotatable bonds is 2. The Hall–Kier alpha value is -0.730. The molecule has 5 nitrogen and oxygen atoms in total. The van der Waals surface area contributed by atoms with Crippen LogP contribution >= 0.6 is 27.3 Å².